The summed E-state index contributed by atoms with van der Waals surface area (Å²) >= 11 is 0. The van der Waals surface area contributed by atoms with Crippen molar-refractivity contribution in [1.82, 2.24) is 5.32 Å². The summed E-state index contributed by atoms with van der Waals surface area (Å²) in [6.07, 6.45) is 0.432. The molecule has 0 radical (unpaired) electrons. The summed E-state index contributed by atoms with van der Waals surface area (Å²) in [5.74, 6) is 0.338. The fraction of sp³-hybridized carbons (Fsp3) is 0.467. The minimum atomic E-state index is -0.0397. The summed E-state index contributed by atoms with van der Waals surface area (Å²) in [6.45, 7) is 5.47. The number of anilines is 2. The molecule has 0 aromatic heterocycles. The van der Waals surface area contributed by atoms with Crippen LogP contribution < -0.4 is 16.0 Å². The number of rotatable bonds is 4. The highest BCUT2D eigenvalue weighted by Crippen LogP contribution is 2.20. The van der Waals surface area contributed by atoms with Crippen LogP contribution in [0.15, 0.2) is 24.3 Å². The molecular weight excluding hydrogens is 254 g/mol. The number of hydrogen-bond acceptors (Lipinski definition) is 3. The molecule has 5 nitrogen and oxygen atoms in total. The first-order valence-corrected chi connectivity index (χ1v) is 7.01. The van der Waals surface area contributed by atoms with Crippen LogP contribution in [0.25, 0.3) is 0 Å². The van der Waals surface area contributed by atoms with Crippen LogP contribution in [0, 0.1) is 11.8 Å². The molecule has 20 heavy (non-hydrogen) atoms. The van der Waals surface area contributed by atoms with Gasteiger partial charge in [-0.25, -0.2) is 0 Å². The van der Waals surface area contributed by atoms with Crippen molar-refractivity contribution in [3.05, 3.63) is 24.3 Å². The highest BCUT2D eigenvalue weighted by Gasteiger charge is 2.29. The van der Waals surface area contributed by atoms with Gasteiger partial charge < -0.3 is 16.0 Å². The van der Waals surface area contributed by atoms with Gasteiger partial charge in [0.25, 0.3) is 0 Å². The van der Waals surface area contributed by atoms with Gasteiger partial charge in [-0.2, -0.15) is 0 Å². The molecular formula is C15H21N3O2. The summed E-state index contributed by atoms with van der Waals surface area (Å²) in [4.78, 5) is 23.5. The lowest BCUT2D eigenvalue weighted by atomic mass is 9.97. The van der Waals surface area contributed by atoms with Crippen molar-refractivity contribution in [2.24, 2.45) is 11.8 Å². The van der Waals surface area contributed by atoms with E-state index in [1.807, 2.05) is 18.2 Å². The molecule has 1 aromatic carbocycles. The highest BCUT2D eigenvalue weighted by atomic mass is 16.2. The standard InChI is InChI=1S/C15H21N3O2/c1-3-14(19)17-11-5-4-6-12(7-11)18-15(20)13-9-16-8-10(13)2/h4-7,10,13,16H,3,8-9H2,1-2H3,(H,17,19)(H,18,20). The zero-order chi connectivity index (χ0) is 14.5. The summed E-state index contributed by atoms with van der Waals surface area (Å²) in [5.41, 5.74) is 1.41. The van der Waals surface area contributed by atoms with Crippen LogP contribution in [0.2, 0.25) is 0 Å². The number of carbonyl (C=O) groups is 2. The second kappa shape index (κ2) is 6.52. The molecule has 0 spiro atoms. The molecule has 1 aliphatic rings. The third-order valence-corrected chi connectivity index (χ3v) is 3.59. The maximum Gasteiger partial charge on any atom is 0.229 e. The summed E-state index contributed by atoms with van der Waals surface area (Å²) < 4.78 is 0. The van der Waals surface area contributed by atoms with Crippen LogP contribution in [0.5, 0.6) is 0 Å². The van der Waals surface area contributed by atoms with Gasteiger partial charge in [0, 0.05) is 24.3 Å². The monoisotopic (exact) mass is 275 g/mol. The maximum absolute atomic E-state index is 12.2. The second-order valence-electron chi connectivity index (χ2n) is 5.21. The zero-order valence-corrected chi connectivity index (χ0v) is 11.9. The number of amides is 2. The Morgan fingerprint density at radius 1 is 1.25 bits per heavy atom. The zero-order valence-electron chi connectivity index (χ0n) is 11.9. The predicted molar refractivity (Wildman–Crippen MR) is 79.5 cm³/mol. The Morgan fingerprint density at radius 3 is 2.55 bits per heavy atom. The number of nitrogens with one attached hydrogen (secondary N) is 3. The summed E-state index contributed by atoms with van der Waals surface area (Å²) in [5, 5.41) is 8.91. The molecule has 1 saturated heterocycles. The molecule has 1 aliphatic heterocycles. The van der Waals surface area contributed by atoms with Crippen LogP contribution >= 0.6 is 0 Å². The third-order valence-electron chi connectivity index (χ3n) is 3.59. The lowest BCUT2D eigenvalue weighted by molar-refractivity contribution is -0.120. The predicted octanol–water partition coefficient (Wildman–Crippen LogP) is 1.83. The van der Waals surface area contributed by atoms with Gasteiger partial charge >= 0.3 is 0 Å². The first-order valence-electron chi connectivity index (χ1n) is 7.01. The van der Waals surface area contributed by atoms with E-state index in [4.69, 9.17) is 0 Å². The van der Waals surface area contributed by atoms with E-state index < -0.39 is 0 Å². The molecule has 1 fully saturated rings. The SMILES string of the molecule is CCC(=O)Nc1cccc(NC(=O)C2CNCC2C)c1. The van der Waals surface area contributed by atoms with Crippen molar-refractivity contribution in [2.75, 3.05) is 23.7 Å². The third kappa shape index (κ3) is 3.57. The van der Waals surface area contributed by atoms with Crippen molar-refractivity contribution in [3.8, 4) is 0 Å². The van der Waals surface area contributed by atoms with Crippen LogP contribution in [0.4, 0.5) is 11.4 Å². The van der Waals surface area contributed by atoms with E-state index in [9.17, 15) is 9.59 Å². The Hall–Kier alpha value is -1.88. The molecule has 0 saturated carbocycles. The minimum Gasteiger partial charge on any atom is -0.326 e. The van der Waals surface area contributed by atoms with Crippen LogP contribution in [0.3, 0.4) is 0 Å². The minimum absolute atomic E-state index is 0.00360. The molecule has 5 heteroatoms. The molecule has 2 amide bonds. The topological polar surface area (TPSA) is 70.2 Å². The van der Waals surface area contributed by atoms with Crippen LogP contribution in [-0.4, -0.2) is 24.9 Å². The molecule has 0 aliphatic carbocycles. The van der Waals surface area contributed by atoms with Gasteiger partial charge in [-0.15, -0.1) is 0 Å². The fourth-order valence-electron chi connectivity index (χ4n) is 2.32. The number of hydrogen-bond donors (Lipinski definition) is 3. The molecule has 2 atom stereocenters. The van der Waals surface area contributed by atoms with Gasteiger partial charge in [0.15, 0.2) is 0 Å². The van der Waals surface area contributed by atoms with E-state index in [0.29, 0.717) is 23.7 Å². The van der Waals surface area contributed by atoms with E-state index >= 15 is 0 Å². The molecule has 1 heterocycles. The Labute approximate surface area is 119 Å². The fourth-order valence-corrected chi connectivity index (χ4v) is 2.32. The van der Waals surface area contributed by atoms with Crippen molar-refractivity contribution >= 4 is 23.2 Å². The van der Waals surface area contributed by atoms with E-state index in [-0.39, 0.29) is 17.7 Å². The van der Waals surface area contributed by atoms with E-state index in [0.717, 1.165) is 13.1 Å². The molecule has 2 rings (SSSR count). The van der Waals surface area contributed by atoms with Gasteiger partial charge in [0.2, 0.25) is 11.8 Å². The Balaban J connectivity index is 2.00. The van der Waals surface area contributed by atoms with Gasteiger partial charge in [0.1, 0.15) is 0 Å². The van der Waals surface area contributed by atoms with E-state index in [1.165, 1.54) is 0 Å². The lowest BCUT2D eigenvalue weighted by Gasteiger charge is -2.14. The summed E-state index contributed by atoms with van der Waals surface area (Å²) in [6, 6.07) is 7.23. The average molecular weight is 275 g/mol. The number of benzene rings is 1. The molecule has 108 valence electrons. The van der Waals surface area contributed by atoms with E-state index in [1.54, 1.807) is 13.0 Å². The first-order chi connectivity index (χ1) is 9.60. The summed E-state index contributed by atoms with van der Waals surface area (Å²) in [7, 11) is 0. The normalized spacial score (nSPS) is 21.5. The van der Waals surface area contributed by atoms with Crippen molar-refractivity contribution in [3.63, 3.8) is 0 Å². The Kier molecular flexibility index (Phi) is 4.74. The quantitative estimate of drug-likeness (QED) is 0.785. The van der Waals surface area contributed by atoms with Crippen molar-refractivity contribution in [2.45, 2.75) is 20.3 Å². The van der Waals surface area contributed by atoms with Gasteiger partial charge in [0.05, 0.1) is 5.92 Å². The van der Waals surface area contributed by atoms with E-state index in [2.05, 4.69) is 22.9 Å². The smallest absolute Gasteiger partial charge is 0.229 e. The largest absolute Gasteiger partial charge is 0.326 e. The van der Waals surface area contributed by atoms with Gasteiger partial charge in [-0.05, 0) is 30.7 Å². The van der Waals surface area contributed by atoms with Gasteiger partial charge in [-0.3, -0.25) is 9.59 Å². The average Bonchev–Trinajstić information content (AvgIpc) is 2.85. The van der Waals surface area contributed by atoms with Crippen LogP contribution in [0.1, 0.15) is 20.3 Å². The van der Waals surface area contributed by atoms with Crippen molar-refractivity contribution in [1.29, 1.82) is 0 Å². The molecule has 0 bridgehead atoms. The highest BCUT2D eigenvalue weighted by molar-refractivity contribution is 5.95. The lowest BCUT2D eigenvalue weighted by Crippen LogP contribution is -2.27. The Bertz CT molecular complexity index is 502. The first kappa shape index (κ1) is 14.5. The molecule has 3 N–H and O–H groups in total. The van der Waals surface area contributed by atoms with Crippen molar-refractivity contribution < 1.29 is 9.59 Å². The molecule has 1 aromatic rings. The Morgan fingerprint density at radius 2 is 1.95 bits per heavy atom. The maximum atomic E-state index is 12.2. The van der Waals surface area contributed by atoms with Gasteiger partial charge in [-0.1, -0.05) is 19.9 Å². The number of carbonyl (C=O) groups excluding carboxylic acids is 2. The second-order valence-corrected chi connectivity index (χ2v) is 5.21. The molecule has 2 unspecified atom stereocenters. The van der Waals surface area contributed by atoms with Crippen LogP contribution in [-0.2, 0) is 9.59 Å².